The van der Waals surface area contributed by atoms with Crippen LogP contribution in [0.1, 0.15) is 44.1 Å². The highest BCUT2D eigenvalue weighted by Gasteiger charge is 2.49. The van der Waals surface area contributed by atoms with Gasteiger partial charge in [0.1, 0.15) is 5.78 Å². The van der Waals surface area contributed by atoms with Gasteiger partial charge in [-0.2, -0.15) is 0 Å². The minimum atomic E-state index is -0.0649. The highest BCUT2D eigenvalue weighted by molar-refractivity contribution is 5.81. The lowest BCUT2D eigenvalue weighted by atomic mass is 9.92. The van der Waals surface area contributed by atoms with E-state index in [4.69, 9.17) is 14.2 Å². The van der Waals surface area contributed by atoms with Crippen LogP contribution in [0.2, 0.25) is 0 Å². The molecule has 5 atom stereocenters. The lowest BCUT2D eigenvalue weighted by Crippen LogP contribution is -2.33. The molecule has 1 aliphatic heterocycles. The van der Waals surface area contributed by atoms with E-state index in [1.165, 1.54) is 12.0 Å². The standard InChI is InChI=1S/C21H28O4/c22-17-10-16-11-20(25-21-8-4-5-9-24-21)19(18(16)12-17)14-23-13-15-6-2-1-3-7-15/h1-3,6-7,16,18-21H,4-5,8-14H2/t16-,18-,19?,20?,21?/m1/s1. The number of ether oxygens (including phenoxy) is 3. The van der Waals surface area contributed by atoms with Gasteiger partial charge in [-0.3, -0.25) is 4.79 Å². The fourth-order valence-corrected chi connectivity index (χ4v) is 4.75. The summed E-state index contributed by atoms with van der Waals surface area (Å²) in [6.45, 7) is 2.09. The molecule has 0 bridgehead atoms. The second-order valence-corrected chi connectivity index (χ2v) is 7.74. The summed E-state index contributed by atoms with van der Waals surface area (Å²) >= 11 is 0. The van der Waals surface area contributed by atoms with Crippen LogP contribution >= 0.6 is 0 Å². The quantitative estimate of drug-likeness (QED) is 0.789. The molecule has 4 rings (SSSR count). The lowest BCUT2D eigenvalue weighted by Gasteiger charge is -2.30. The molecule has 1 saturated heterocycles. The first-order valence-corrected chi connectivity index (χ1v) is 9.70. The van der Waals surface area contributed by atoms with Crippen molar-refractivity contribution in [2.45, 2.75) is 57.5 Å². The zero-order chi connectivity index (χ0) is 17.1. The van der Waals surface area contributed by atoms with Crippen LogP contribution in [-0.2, 0) is 25.6 Å². The Bertz CT molecular complexity index is 567. The molecule has 3 aliphatic rings. The topological polar surface area (TPSA) is 44.8 Å². The van der Waals surface area contributed by atoms with Crippen molar-refractivity contribution in [1.82, 2.24) is 0 Å². The molecule has 3 unspecified atom stereocenters. The van der Waals surface area contributed by atoms with E-state index in [9.17, 15) is 4.79 Å². The zero-order valence-corrected chi connectivity index (χ0v) is 14.8. The molecule has 0 spiro atoms. The first-order chi connectivity index (χ1) is 12.3. The first kappa shape index (κ1) is 17.2. The number of hydrogen-bond donors (Lipinski definition) is 0. The van der Waals surface area contributed by atoms with Gasteiger partial charge in [-0.25, -0.2) is 0 Å². The highest BCUT2D eigenvalue weighted by Crippen LogP contribution is 2.48. The third-order valence-corrected chi connectivity index (χ3v) is 6.01. The number of hydrogen-bond acceptors (Lipinski definition) is 4. The predicted octanol–water partition coefficient (Wildman–Crippen LogP) is 3.73. The van der Waals surface area contributed by atoms with Gasteiger partial charge in [0.2, 0.25) is 0 Å². The van der Waals surface area contributed by atoms with Crippen LogP contribution in [-0.4, -0.2) is 31.4 Å². The van der Waals surface area contributed by atoms with E-state index in [0.29, 0.717) is 43.2 Å². The van der Waals surface area contributed by atoms with Crippen LogP contribution in [0.4, 0.5) is 0 Å². The molecule has 0 radical (unpaired) electrons. The minimum Gasteiger partial charge on any atom is -0.376 e. The first-order valence-electron chi connectivity index (χ1n) is 9.70. The molecule has 4 nitrogen and oxygen atoms in total. The number of rotatable bonds is 6. The summed E-state index contributed by atoms with van der Waals surface area (Å²) in [5.74, 6) is 1.63. The number of benzene rings is 1. The molecule has 1 heterocycles. The summed E-state index contributed by atoms with van der Waals surface area (Å²) in [6.07, 6.45) is 5.82. The fraction of sp³-hybridized carbons (Fsp3) is 0.667. The molecule has 3 fully saturated rings. The number of carbonyl (C=O) groups is 1. The summed E-state index contributed by atoms with van der Waals surface area (Å²) in [6, 6.07) is 10.3. The van der Waals surface area contributed by atoms with Crippen molar-refractivity contribution in [3.05, 3.63) is 35.9 Å². The van der Waals surface area contributed by atoms with Gasteiger partial charge in [-0.1, -0.05) is 30.3 Å². The number of Topliss-reactive ketones (excluding diaryl/α,β-unsaturated/α-hetero) is 1. The molecule has 1 aromatic rings. The molecule has 1 aromatic carbocycles. The average molecular weight is 344 g/mol. The summed E-state index contributed by atoms with van der Waals surface area (Å²) < 4.78 is 18.1. The van der Waals surface area contributed by atoms with Crippen molar-refractivity contribution in [3.8, 4) is 0 Å². The molecule has 0 aromatic heterocycles. The van der Waals surface area contributed by atoms with Crippen molar-refractivity contribution >= 4 is 5.78 Å². The van der Waals surface area contributed by atoms with Gasteiger partial charge in [0.25, 0.3) is 0 Å². The summed E-state index contributed by atoms with van der Waals surface area (Å²) in [5.41, 5.74) is 1.19. The molecular formula is C21H28O4. The van der Waals surface area contributed by atoms with E-state index in [-0.39, 0.29) is 12.4 Å². The van der Waals surface area contributed by atoms with E-state index in [1.54, 1.807) is 0 Å². The lowest BCUT2D eigenvalue weighted by molar-refractivity contribution is -0.199. The van der Waals surface area contributed by atoms with E-state index in [2.05, 4.69) is 12.1 Å². The summed E-state index contributed by atoms with van der Waals surface area (Å²) in [7, 11) is 0. The Balaban J connectivity index is 1.36. The zero-order valence-electron chi connectivity index (χ0n) is 14.8. The molecule has 0 amide bonds. The number of carbonyl (C=O) groups excluding carboxylic acids is 1. The second-order valence-electron chi connectivity index (χ2n) is 7.74. The van der Waals surface area contributed by atoms with E-state index in [0.717, 1.165) is 32.3 Å². The van der Waals surface area contributed by atoms with E-state index < -0.39 is 0 Å². The highest BCUT2D eigenvalue weighted by atomic mass is 16.7. The van der Waals surface area contributed by atoms with Crippen molar-refractivity contribution in [2.24, 2.45) is 17.8 Å². The maximum absolute atomic E-state index is 11.9. The Kier molecular flexibility index (Phi) is 5.49. The van der Waals surface area contributed by atoms with Crippen LogP contribution in [0.5, 0.6) is 0 Å². The van der Waals surface area contributed by atoms with Crippen molar-refractivity contribution < 1.29 is 19.0 Å². The van der Waals surface area contributed by atoms with Crippen molar-refractivity contribution in [3.63, 3.8) is 0 Å². The van der Waals surface area contributed by atoms with Crippen LogP contribution < -0.4 is 0 Å². The van der Waals surface area contributed by atoms with Gasteiger partial charge in [0.15, 0.2) is 6.29 Å². The maximum Gasteiger partial charge on any atom is 0.157 e. The fourth-order valence-electron chi connectivity index (χ4n) is 4.75. The van der Waals surface area contributed by atoms with Gasteiger partial charge >= 0.3 is 0 Å². The van der Waals surface area contributed by atoms with Gasteiger partial charge in [0.05, 0.1) is 19.3 Å². The monoisotopic (exact) mass is 344 g/mol. The van der Waals surface area contributed by atoms with E-state index >= 15 is 0 Å². The molecule has 2 aliphatic carbocycles. The summed E-state index contributed by atoms with van der Waals surface area (Å²) in [4.78, 5) is 11.9. The Morgan fingerprint density at radius 3 is 2.80 bits per heavy atom. The normalized spacial score (nSPS) is 35.0. The largest absolute Gasteiger partial charge is 0.376 e. The van der Waals surface area contributed by atoms with Crippen molar-refractivity contribution in [2.75, 3.05) is 13.2 Å². The number of ketones is 1. The second kappa shape index (κ2) is 7.98. The van der Waals surface area contributed by atoms with Gasteiger partial charge < -0.3 is 14.2 Å². The van der Waals surface area contributed by atoms with Gasteiger partial charge in [-0.15, -0.1) is 0 Å². The molecule has 0 N–H and O–H groups in total. The predicted molar refractivity (Wildman–Crippen MR) is 93.9 cm³/mol. The van der Waals surface area contributed by atoms with E-state index in [1.807, 2.05) is 18.2 Å². The van der Waals surface area contributed by atoms with Crippen LogP contribution in [0, 0.1) is 17.8 Å². The minimum absolute atomic E-state index is 0.0649. The van der Waals surface area contributed by atoms with Gasteiger partial charge in [-0.05, 0) is 43.1 Å². The molecular weight excluding hydrogens is 316 g/mol. The maximum atomic E-state index is 11.9. The molecule has 136 valence electrons. The van der Waals surface area contributed by atoms with Crippen LogP contribution in [0.25, 0.3) is 0 Å². The molecule has 25 heavy (non-hydrogen) atoms. The van der Waals surface area contributed by atoms with Gasteiger partial charge in [0, 0.05) is 25.4 Å². The SMILES string of the molecule is O=C1C[C@@H]2CC(OC3CCCCO3)C(COCc3ccccc3)[C@@H]2C1. The Morgan fingerprint density at radius 2 is 2.00 bits per heavy atom. The molecule has 4 heteroatoms. The third kappa shape index (κ3) is 4.13. The Labute approximate surface area is 149 Å². The van der Waals surface area contributed by atoms with Crippen LogP contribution in [0.15, 0.2) is 30.3 Å². The van der Waals surface area contributed by atoms with Crippen LogP contribution in [0.3, 0.4) is 0 Å². The Morgan fingerprint density at radius 1 is 1.12 bits per heavy atom. The summed E-state index contributed by atoms with van der Waals surface area (Å²) in [5, 5.41) is 0. The molecule has 2 saturated carbocycles. The third-order valence-electron chi connectivity index (χ3n) is 6.01. The number of fused-ring (bicyclic) bond motifs is 1. The Hall–Kier alpha value is -1.23. The van der Waals surface area contributed by atoms with Crippen molar-refractivity contribution in [1.29, 1.82) is 0 Å². The smallest absolute Gasteiger partial charge is 0.157 e. The average Bonchev–Trinajstić information content (AvgIpc) is 3.13.